The molecule has 0 aromatic carbocycles. The average molecular weight is 329 g/mol. The van der Waals surface area contributed by atoms with E-state index in [4.69, 9.17) is 20.9 Å². The Labute approximate surface area is 127 Å². The second-order valence-corrected chi connectivity index (χ2v) is 3.99. The maximum Gasteiger partial charge on any atom is 0.490 e. The molecule has 1 atom stereocenters. The third-order valence-corrected chi connectivity index (χ3v) is 2.21. The molecule has 0 saturated heterocycles. The molecule has 2 aromatic rings. The van der Waals surface area contributed by atoms with Gasteiger partial charge in [0.1, 0.15) is 24.4 Å². The molecule has 9 nitrogen and oxygen atoms in total. The number of nitrogens with two attached hydrogens (primary N) is 1. The monoisotopic (exact) mass is 329 g/mol. The van der Waals surface area contributed by atoms with Crippen LogP contribution in [0.15, 0.2) is 18.7 Å². The Kier molecular flexibility index (Phi) is 5.68. The Morgan fingerprint density at radius 1 is 1.39 bits per heavy atom. The summed E-state index contributed by atoms with van der Waals surface area (Å²) in [4.78, 5) is 20.7. The van der Waals surface area contributed by atoms with Crippen LogP contribution in [0.1, 0.15) is 24.5 Å². The van der Waals surface area contributed by atoms with Crippen molar-refractivity contribution in [3.8, 4) is 11.9 Å². The predicted molar refractivity (Wildman–Crippen MR) is 68.0 cm³/mol. The fourth-order valence-electron chi connectivity index (χ4n) is 1.26. The Hall–Kier alpha value is -3.07. The molecule has 0 aliphatic rings. The van der Waals surface area contributed by atoms with Gasteiger partial charge in [0.15, 0.2) is 11.6 Å². The lowest BCUT2D eigenvalue weighted by Crippen LogP contribution is -2.21. The van der Waals surface area contributed by atoms with Crippen LogP contribution in [0.2, 0.25) is 0 Å². The van der Waals surface area contributed by atoms with Crippen LogP contribution in [0, 0.1) is 11.3 Å². The SMILES string of the molecule is C[C@H](N)c1ncnn1-c1cc(C#N)ncn1.O=C(O)C(F)(F)F. The van der Waals surface area contributed by atoms with Crippen molar-refractivity contribution in [2.45, 2.75) is 19.1 Å². The Morgan fingerprint density at radius 2 is 2.00 bits per heavy atom. The molecule has 2 aromatic heterocycles. The summed E-state index contributed by atoms with van der Waals surface area (Å²) >= 11 is 0. The van der Waals surface area contributed by atoms with Gasteiger partial charge in [-0.25, -0.2) is 19.7 Å². The third-order valence-electron chi connectivity index (χ3n) is 2.21. The van der Waals surface area contributed by atoms with Crippen LogP contribution in [0.4, 0.5) is 13.2 Å². The number of carboxylic acids is 1. The highest BCUT2D eigenvalue weighted by atomic mass is 19.4. The first-order valence-electron chi connectivity index (χ1n) is 5.85. The highest BCUT2D eigenvalue weighted by molar-refractivity contribution is 5.73. The van der Waals surface area contributed by atoms with E-state index in [9.17, 15) is 13.2 Å². The lowest BCUT2D eigenvalue weighted by molar-refractivity contribution is -0.192. The van der Waals surface area contributed by atoms with E-state index in [0.29, 0.717) is 11.6 Å². The summed E-state index contributed by atoms with van der Waals surface area (Å²) in [5.41, 5.74) is 6.01. The smallest absolute Gasteiger partial charge is 0.475 e. The summed E-state index contributed by atoms with van der Waals surface area (Å²) in [6.45, 7) is 1.80. The first-order chi connectivity index (χ1) is 10.7. The first-order valence-corrected chi connectivity index (χ1v) is 5.85. The minimum Gasteiger partial charge on any atom is -0.475 e. The zero-order valence-electron chi connectivity index (χ0n) is 11.6. The van der Waals surface area contributed by atoms with Gasteiger partial charge in [-0.2, -0.15) is 28.2 Å². The molecule has 0 aliphatic heterocycles. The van der Waals surface area contributed by atoms with Crippen LogP contribution >= 0.6 is 0 Å². The van der Waals surface area contributed by atoms with E-state index in [0.717, 1.165) is 0 Å². The summed E-state index contributed by atoms with van der Waals surface area (Å²) < 4.78 is 33.2. The summed E-state index contributed by atoms with van der Waals surface area (Å²) in [5.74, 6) is -1.69. The van der Waals surface area contributed by atoms with Crippen molar-refractivity contribution >= 4 is 5.97 Å². The molecule has 0 bridgehead atoms. The van der Waals surface area contributed by atoms with E-state index in [1.165, 1.54) is 23.4 Å². The largest absolute Gasteiger partial charge is 0.490 e. The zero-order valence-corrected chi connectivity index (χ0v) is 11.6. The molecule has 2 rings (SSSR count). The van der Waals surface area contributed by atoms with Crippen molar-refractivity contribution in [2.24, 2.45) is 5.73 Å². The number of halogens is 3. The van der Waals surface area contributed by atoms with Gasteiger partial charge in [-0.3, -0.25) is 0 Å². The predicted octanol–water partition coefficient (Wildman–Crippen LogP) is 0.582. The molecular formula is C11H10F3N7O2. The number of carboxylic acid groups (broad SMARTS) is 1. The van der Waals surface area contributed by atoms with E-state index in [1.807, 2.05) is 6.07 Å². The topological polar surface area (TPSA) is 144 Å². The van der Waals surface area contributed by atoms with E-state index in [1.54, 1.807) is 6.92 Å². The molecule has 3 N–H and O–H groups in total. The van der Waals surface area contributed by atoms with Crippen molar-refractivity contribution in [1.82, 2.24) is 24.7 Å². The van der Waals surface area contributed by atoms with Gasteiger partial charge in [0, 0.05) is 6.07 Å². The van der Waals surface area contributed by atoms with Crippen molar-refractivity contribution in [3.05, 3.63) is 30.2 Å². The van der Waals surface area contributed by atoms with Crippen LogP contribution in [0.25, 0.3) is 5.82 Å². The van der Waals surface area contributed by atoms with E-state index in [-0.39, 0.29) is 11.7 Å². The highest BCUT2D eigenvalue weighted by Gasteiger charge is 2.38. The number of aromatic nitrogens is 5. The van der Waals surface area contributed by atoms with Gasteiger partial charge in [-0.1, -0.05) is 0 Å². The molecule has 0 unspecified atom stereocenters. The van der Waals surface area contributed by atoms with Crippen molar-refractivity contribution in [2.75, 3.05) is 0 Å². The summed E-state index contributed by atoms with van der Waals surface area (Å²) in [6.07, 6.45) is -2.38. The molecule has 0 spiro atoms. The lowest BCUT2D eigenvalue weighted by Gasteiger charge is -2.06. The van der Waals surface area contributed by atoms with Crippen molar-refractivity contribution in [1.29, 1.82) is 5.26 Å². The molecule has 23 heavy (non-hydrogen) atoms. The van der Waals surface area contributed by atoms with Crippen LogP contribution in [-0.2, 0) is 4.79 Å². The van der Waals surface area contributed by atoms with Gasteiger partial charge >= 0.3 is 12.1 Å². The maximum atomic E-state index is 10.6. The van der Waals surface area contributed by atoms with Gasteiger partial charge in [-0.05, 0) is 6.92 Å². The highest BCUT2D eigenvalue weighted by Crippen LogP contribution is 2.13. The Bertz CT molecular complexity index is 721. The molecule has 0 radical (unpaired) electrons. The molecule has 0 fully saturated rings. The van der Waals surface area contributed by atoms with Gasteiger partial charge in [0.05, 0.1) is 6.04 Å². The minimum atomic E-state index is -5.08. The number of nitriles is 1. The van der Waals surface area contributed by atoms with E-state index in [2.05, 4.69) is 20.1 Å². The average Bonchev–Trinajstić information content (AvgIpc) is 2.96. The Morgan fingerprint density at radius 3 is 2.48 bits per heavy atom. The summed E-state index contributed by atoms with van der Waals surface area (Å²) in [6, 6.07) is 3.20. The second kappa shape index (κ2) is 7.27. The number of hydrogen-bond acceptors (Lipinski definition) is 7. The molecule has 12 heteroatoms. The third kappa shape index (κ3) is 5.00. The fraction of sp³-hybridized carbons (Fsp3) is 0.273. The Balaban J connectivity index is 0.000000322. The molecule has 0 amide bonds. The van der Waals surface area contributed by atoms with Crippen LogP contribution < -0.4 is 5.73 Å². The summed E-state index contributed by atoms with van der Waals surface area (Å²) in [5, 5.41) is 19.9. The van der Waals surface area contributed by atoms with E-state index >= 15 is 0 Å². The number of rotatable bonds is 2. The van der Waals surface area contributed by atoms with Crippen molar-refractivity contribution in [3.63, 3.8) is 0 Å². The van der Waals surface area contributed by atoms with Crippen LogP contribution in [0.3, 0.4) is 0 Å². The molecule has 0 aliphatic carbocycles. The standard InChI is InChI=1S/C9H9N7.C2HF3O2/c1-6(11)9-14-5-15-16(9)8-2-7(3-10)12-4-13-8;3-2(4,5)1(6)7/h2,4-6H,11H2,1H3;(H,6,7)/t6-;/m0./s1. The second-order valence-electron chi connectivity index (χ2n) is 3.99. The van der Waals surface area contributed by atoms with Gasteiger partial charge < -0.3 is 10.8 Å². The number of nitrogens with zero attached hydrogens (tertiary/aromatic N) is 6. The fourth-order valence-corrected chi connectivity index (χ4v) is 1.26. The molecule has 0 saturated carbocycles. The maximum absolute atomic E-state index is 10.6. The van der Waals surface area contributed by atoms with Gasteiger partial charge in [0.25, 0.3) is 0 Å². The van der Waals surface area contributed by atoms with Crippen LogP contribution in [-0.4, -0.2) is 42.0 Å². The van der Waals surface area contributed by atoms with Crippen molar-refractivity contribution < 1.29 is 23.1 Å². The molecule has 122 valence electrons. The van der Waals surface area contributed by atoms with Crippen LogP contribution in [0.5, 0.6) is 0 Å². The molecule has 2 heterocycles. The van der Waals surface area contributed by atoms with Gasteiger partial charge in [0.2, 0.25) is 0 Å². The number of aliphatic carboxylic acids is 1. The minimum absolute atomic E-state index is 0.261. The molecular weight excluding hydrogens is 319 g/mol. The normalized spacial score (nSPS) is 11.8. The number of hydrogen-bond donors (Lipinski definition) is 2. The van der Waals surface area contributed by atoms with Gasteiger partial charge in [-0.15, -0.1) is 0 Å². The quantitative estimate of drug-likeness (QED) is 0.814. The zero-order chi connectivity index (χ0) is 17.6. The summed E-state index contributed by atoms with van der Waals surface area (Å²) in [7, 11) is 0. The number of carbonyl (C=O) groups is 1. The lowest BCUT2D eigenvalue weighted by atomic mass is 10.3. The van der Waals surface area contributed by atoms with E-state index < -0.39 is 12.1 Å². The first kappa shape index (κ1) is 18.0. The number of alkyl halides is 3.